The Morgan fingerprint density at radius 2 is 1.19 bits per heavy atom. The van der Waals surface area contributed by atoms with Crippen LogP contribution in [0.4, 0.5) is 0 Å². The molecule has 360 valence electrons. The van der Waals surface area contributed by atoms with Gasteiger partial charge in [-0.1, -0.05) is 98.1 Å². The van der Waals surface area contributed by atoms with Gasteiger partial charge in [0.25, 0.3) is 11.8 Å². The molecule has 6 aromatic rings. The topological polar surface area (TPSA) is 123 Å². The summed E-state index contributed by atoms with van der Waals surface area (Å²) in [7, 11) is 0. The fourth-order valence-electron chi connectivity index (χ4n) is 8.85. The fourth-order valence-corrected chi connectivity index (χ4v) is 11.9. The third-order valence-corrected chi connectivity index (χ3v) is 15.6. The van der Waals surface area contributed by atoms with Crippen LogP contribution in [0.5, 0.6) is 0 Å². The highest BCUT2D eigenvalue weighted by Gasteiger charge is 2.31. The van der Waals surface area contributed by atoms with Crippen molar-refractivity contribution in [1.29, 1.82) is 0 Å². The number of unbranched alkanes of at least 4 members (excludes halogenated alkanes) is 2. The highest BCUT2D eigenvalue weighted by Crippen LogP contribution is 2.39. The summed E-state index contributed by atoms with van der Waals surface area (Å²) < 4.78 is 3.43. The molecule has 68 heavy (non-hydrogen) atoms. The van der Waals surface area contributed by atoms with Gasteiger partial charge in [0.1, 0.15) is 0 Å². The van der Waals surface area contributed by atoms with Crippen LogP contribution in [-0.2, 0) is 0 Å². The second-order valence-corrected chi connectivity index (χ2v) is 21.3. The summed E-state index contributed by atoms with van der Waals surface area (Å²) in [5.41, 5.74) is 13.7. The second-order valence-electron chi connectivity index (χ2n) is 17.4. The highest BCUT2D eigenvalue weighted by molar-refractivity contribution is 7.16. The van der Waals surface area contributed by atoms with Crippen molar-refractivity contribution >= 4 is 93.0 Å². The molecular formula is C52H60Cl4N8O2S2. The molecule has 4 aromatic heterocycles. The number of benzene rings is 2. The van der Waals surface area contributed by atoms with Crippen LogP contribution in [0.3, 0.4) is 0 Å². The SMILES string of the molecule is C1CC2CNCC2C1.CCC/C=C/c1ccc(-c2c(C)c(C(=O)NN3CCCCC3)nn2-c2ccc(Cl)cc2Cl)s1.CCC/C=C/c1ccc(-c2c(C)c(C(N)=O)nn2-c2ccc(Cl)cc2Cl)s1. The second kappa shape index (κ2) is 24.5. The van der Waals surface area contributed by atoms with Crippen LogP contribution in [0.2, 0.25) is 20.1 Å². The number of rotatable bonds is 13. The van der Waals surface area contributed by atoms with Gasteiger partial charge in [-0.3, -0.25) is 15.0 Å². The molecule has 0 bridgehead atoms. The van der Waals surface area contributed by atoms with Crippen molar-refractivity contribution in [2.45, 2.75) is 91.9 Å². The zero-order chi connectivity index (χ0) is 48.3. The highest BCUT2D eigenvalue weighted by atomic mass is 35.5. The number of piperidine rings is 1. The summed E-state index contributed by atoms with van der Waals surface area (Å²) in [6.45, 7) is 12.4. The maximum atomic E-state index is 13.2. The van der Waals surface area contributed by atoms with Crippen LogP contribution in [0, 0.1) is 25.7 Å². The number of carbonyl (C=O) groups is 2. The summed E-state index contributed by atoms with van der Waals surface area (Å²) >= 11 is 28.4. The Kier molecular flexibility index (Phi) is 18.6. The van der Waals surface area contributed by atoms with Gasteiger partial charge in [0.15, 0.2) is 11.4 Å². The van der Waals surface area contributed by atoms with Crippen molar-refractivity contribution in [3.05, 3.63) is 125 Å². The minimum absolute atomic E-state index is 0.195. The fraction of sp³-hybridized carbons (Fsp3) is 0.385. The molecule has 4 N–H and O–H groups in total. The number of allylic oxidation sites excluding steroid dienone is 2. The van der Waals surface area contributed by atoms with E-state index in [0.29, 0.717) is 37.2 Å². The largest absolute Gasteiger partial charge is 0.364 e. The standard InChI is InChI=1S/C25H28Cl2N4OS.C20H19Cl2N3OS.C7H13N/c1-3-4-6-9-19-11-13-22(33-19)24-17(2)23(25(32)29-30-14-7-5-8-15-30)28-31(24)21-12-10-18(26)16-20(21)27;1-3-4-5-6-14-8-10-17(27-14)19-12(2)18(20(23)26)24-25(19)16-9-7-13(21)11-15(16)22;1-2-6-4-8-5-7(6)3-1/h6,9-13,16H,3-5,7-8,14-15H2,1-2H3,(H,29,32);5-11H,3-4H2,1-2H3,(H2,23,26);6-8H,1-5H2/b9-6+;6-5+;. The first-order chi connectivity index (χ1) is 32.9. The zero-order valence-corrected chi connectivity index (χ0v) is 43.8. The number of hydrogen-bond donors (Lipinski definition) is 3. The molecule has 1 saturated carbocycles. The molecule has 2 aromatic carbocycles. The summed E-state index contributed by atoms with van der Waals surface area (Å²) in [5.74, 6) is 1.36. The molecule has 16 heteroatoms. The van der Waals surface area contributed by atoms with E-state index in [-0.39, 0.29) is 11.6 Å². The van der Waals surface area contributed by atoms with Crippen LogP contribution in [0.15, 0.2) is 72.8 Å². The number of fused-ring (bicyclic) bond motifs is 1. The quantitative estimate of drug-likeness (QED) is 0.106. The molecule has 2 unspecified atom stereocenters. The Morgan fingerprint density at radius 1 is 0.706 bits per heavy atom. The predicted octanol–water partition coefficient (Wildman–Crippen LogP) is 14.3. The first-order valence-corrected chi connectivity index (χ1v) is 26.7. The third-order valence-electron chi connectivity index (χ3n) is 12.4. The molecule has 9 rings (SSSR count). The molecule has 0 radical (unpaired) electrons. The van der Waals surface area contributed by atoms with Crippen LogP contribution in [-0.4, -0.2) is 62.6 Å². The Morgan fingerprint density at radius 3 is 1.66 bits per heavy atom. The molecule has 2 atom stereocenters. The molecule has 0 spiro atoms. The monoisotopic (exact) mass is 1030 g/mol. The van der Waals surface area contributed by atoms with Crippen LogP contribution in [0.25, 0.3) is 44.7 Å². The summed E-state index contributed by atoms with van der Waals surface area (Å²) in [6, 6.07) is 18.7. The lowest BCUT2D eigenvalue weighted by Crippen LogP contribution is -2.45. The van der Waals surface area contributed by atoms with E-state index in [1.165, 1.54) is 38.8 Å². The minimum Gasteiger partial charge on any atom is -0.364 e. The van der Waals surface area contributed by atoms with Crippen LogP contribution >= 0.6 is 69.1 Å². The van der Waals surface area contributed by atoms with Crippen molar-refractivity contribution in [3.8, 4) is 32.5 Å². The average molecular weight is 1040 g/mol. The number of nitrogens with zero attached hydrogens (tertiary/aromatic N) is 5. The Balaban J connectivity index is 0.000000174. The molecular weight excluding hydrogens is 975 g/mol. The number of nitrogens with two attached hydrogens (primary N) is 1. The lowest BCUT2D eigenvalue weighted by Gasteiger charge is -2.26. The Bertz CT molecular complexity index is 2730. The van der Waals surface area contributed by atoms with Crippen molar-refractivity contribution in [1.82, 2.24) is 35.3 Å². The van der Waals surface area contributed by atoms with Gasteiger partial charge in [0, 0.05) is 44.0 Å². The van der Waals surface area contributed by atoms with E-state index < -0.39 is 5.91 Å². The third kappa shape index (κ3) is 12.7. The number of amides is 2. The van der Waals surface area contributed by atoms with Crippen molar-refractivity contribution in [3.63, 3.8) is 0 Å². The van der Waals surface area contributed by atoms with Gasteiger partial charge in [-0.05, 0) is 150 Å². The van der Waals surface area contributed by atoms with Gasteiger partial charge in [0.05, 0.1) is 42.6 Å². The van der Waals surface area contributed by atoms with Gasteiger partial charge in [-0.25, -0.2) is 14.4 Å². The number of hydrogen-bond acceptors (Lipinski definition) is 8. The Hall–Kier alpha value is -4.24. The molecule has 1 aliphatic carbocycles. The predicted molar refractivity (Wildman–Crippen MR) is 286 cm³/mol. The average Bonchev–Trinajstić information content (AvgIpc) is 4.18. The van der Waals surface area contributed by atoms with Crippen molar-refractivity contribution in [2.75, 3.05) is 26.2 Å². The number of thiophene rings is 2. The van der Waals surface area contributed by atoms with E-state index in [2.05, 4.69) is 72.2 Å². The van der Waals surface area contributed by atoms with E-state index in [1.807, 2.05) is 31.0 Å². The van der Waals surface area contributed by atoms with Gasteiger partial charge >= 0.3 is 0 Å². The number of hydrazine groups is 1. The van der Waals surface area contributed by atoms with Gasteiger partial charge in [-0.2, -0.15) is 10.2 Å². The molecule has 2 aliphatic heterocycles. The Labute approximate surface area is 428 Å². The molecule has 2 amide bonds. The first-order valence-electron chi connectivity index (χ1n) is 23.6. The first kappa shape index (κ1) is 51.6. The molecule has 2 saturated heterocycles. The number of primary amides is 1. The molecule has 3 aliphatic rings. The zero-order valence-electron chi connectivity index (χ0n) is 39.1. The maximum absolute atomic E-state index is 13.2. The number of carbonyl (C=O) groups excluding carboxylic acids is 2. The lowest BCUT2D eigenvalue weighted by molar-refractivity contribution is 0.0743. The van der Waals surface area contributed by atoms with E-state index in [9.17, 15) is 9.59 Å². The molecule has 3 fully saturated rings. The summed E-state index contributed by atoms with van der Waals surface area (Å²) in [5, 5.41) is 16.6. The van der Waals surface area contributed by atoms with Crippen LogP contribution in [0.1, 0.15) is 120 Å². The van der Waals surface area contributed by atoms with Crippen molar-refractivity contribution < 1.29 is 9.59 Å². The summed E-state index contributed by atoms with van der Waals surface area (Å²) in [6.07, 6.45) is 20.8. The lowest BCUT2D eigenvalue weighted by atomic mass is 10.0. The van der Waals surface area contributed by atoms with Gasteiger partial charge in [-0.15, -0.1) is 22.7 Å². The van der Waals surface area contributed by atoms with Gasteiger partial charge in [0.2, 0.25) is 0 Å². The minimum atomic E-state index is -0.572. The molecule has 6 heterocycles. The van der Waals surface area contributed by atoms with Gasteiger partial charge < -0.3 is 11.1 Å². The van der Waals surface area contributed by atoms with E-state index >= 15 is 0 Å². The number of halogens is 4. The maximum Gasteiger partial charge on any atom is 0.286 e. The molecule has 10 nitrogen and oxygen atoms in total. The normalized spacial score (nSPS) is 17.0. The number of nitrogens with one attached hydrogen (secondary N) is 2. The van der Waals surface area contributed by atoms with E-state index in [4.69, 9.17) is 57.2 Å². The van der Waals surface area contributed by atoms with E-state index in [1.54, 1.807) is 62.4 Å². The van der Waals surface area contributed by atoms with Crippen molar-refractivity contribution in [2.24, 2.45) is 17.6 Å². The summed E-state index contributed by atoms with van der Waals surface area (Å²) in [4.78, 5) is 29.3. The smallest absolute Gasteiger partial charge is 0.286 e. The van der Waals surface area contributed by atoms with E-state index in [0.717, 1.165) is 105 Å². The number of aromatic nitrogens is 4. The van der Waals surface area contributed by atoms with Crippen LogP contribution < -0.4 is 16.5 Å².